The van der Waals surface area contributed by atoms with Gasteiger partial charge in [0.1, 0.15) is 11.3 Å². The Labute approximate surface area is 228 Å². The molecule has 0 spiro atoms. The maximum Gasteiger partial charge on any atom is 0.410 e. The first kappa shape index (κ1) is 29.6. The van der Waals surface area contributed by atoms with Crippen LogP contribution in [0.15, 0.2) is 12.3 Å². The van der Waals surface area contributed by atoms with E-state index in [-0.39, 0.29) is 18.6 Å². The first-order valence-electron chi connectivity index (χ1n) is 12.9. The Balaban J connectivity index is 1.58. The number of amides is 2. The lowest BCUT2D eigenvalue weighted by Crippen LogP contribution is -2.36. The molecule has 0 bridgehead atoms. The Kier molecular flexibility index (Phi) is 9.68. The van der Waals surface area contributed by atoms with Gasteiger partial charge in [0, 0.05) is 39.5 Å². The number of rotatable bonds is 11. The van der Waals surface area contributed by atoms with Crippen LogP contribution in [0.3, 0.4) is 0 Å². The van der Waals surface area contributed by atoms with Crippen molar-refractivity contribution in [1.29, 1.82) is 0 Å². The lowest BCUT2D eigenvalue weighted by atomic mass is 10.1. The van der Waals surface area contributed by atoms with Gasteiger partial charge in [-0.05, 0) is 53.2 Å². The highest BCUT2D eigenvalue weighted by atomic mass is 16.6. The minimum atomic E-state index is -0.539. The normalized spacial score (nSPS) is 13.7. The molecular weight excluding hydrogens is 504 g/mol. The van der Waals surface area contributed by atoms with Gasteiger partial charge in [0.05, 0.1) is 41.9 Å². The number of carbonyl (C=O) groups is 3. The molecule has 0 fully saturated rings. The van der Waals surface area contributed by atoms with Crippen molar-refractivity contribution < 1.29 is 28.6 Å². The van der Waals surface area contributed by atoms with Gasteiger partial charge < -0.3 is 34.3 Å². The average molecular weight is 543 g/mol. The van der Waals surface area contributed by atoms with E-state index in [0.717, 1.165) is 5.69 Å². The number of aromatic nitrogens is 3. The Morgan fingerprint density at radius 3 is 2.59 bits per heavy atom. The predicted molar refractivity (Wildman–Crippen MR) is 148 cm³/mol. The van der Waals surface area contributed by atoms with Gasteiger partial charge in [-0.3, -0.25) is 4.79 Å². The van der Waals surface area contributed by atoms with Gasteiger partial charge in [0.2, 0.25) is 5.95 Å². The molecule has 2 aromatic rings. The molecule has 2 amide bonds. The van der Waals surface area contributed by atoms with E-state index in [1.807, 2.05) is 39.6 Å². The van der Waals surface area contributed by atoms with Crippen LogP contribution < -0.4 is 10.2 Å². The minimum Gasteiger partial charge on any atom is -0.462 e. The first-order valence-corrected chi connectivity index (χ1v) is 12.9. The number of anilines is 2. The Bertz CT molecular complexity index is 1230. The molecule has 1 aliphatic rings. The summed E-state index contributed by atoms with van der Waals surface area (Å²) in [5.41, 5.74) is 2.35. The third-order valence-electron chi connectivity index (χ3n) is 5.69. The van der Waals surface area contributed by atoms with Crippen LogP contribution in [0.1, 0.15) is 61.6 Å². The zero-order valence-corrected chi connectivity index (χ0v) is 23.7. The van der Waals surface area contributed by atoms with Crippen LogP contribution in [-0.4, -0.2) is 90.4 Å². The van der Waals surface area contributed by atoms with E-state index in [9.17, 15) is 14.4 Å². The molecule has 0 aliphatic carbocycles. The molecule has 3 rings (SSSR count). The Hall–Kier alpha value is -3.93. The summed E-state index contributed by atoms with van der Waals surface area (Å²) in [7, 11) is 3.53. The molecule has 39 heavy (non-hydrogen) atoms. The van der Waals surface area contributed by atoms with Crippen molar-refractivity contribution in [3.8, 4) is 0 Å². The van der Waals surface area contributed by atoms with Crippen LogP contribution in [-0.2, 0) is 19.0 Å². The van der Waals surface area contributed by atoms with Gasteiger partial charge in [0.25, 0.3) is 5.91 Å². The van der Waals surface area contributed by atoms with Gasteiger partial charge in [-0.15, -0.1) is 0 Å². The van der Waals surface area contributed by atoms with Gasteiger partial charge in [-0.1, -0.05) is 0 Å². The van der Waals surface area contributed by atoms with Gasteiger partial charge in [-0.25, -0.2) is 19.6 Å². The molecule has 0 atom stereocenters. The molecule has 0 aromatic carbocycles. The van der Waals surface area contributed by atoms with Crippen LogP contribution in [0.2, 0.25) is 0 Å². The van der Waals surface area contributed by atoms with E-state index in [0.29, 0.717) is 66.9 Å². The minimum absolute atomic E-state index is 0.249. The van der Waals surface area contributed by atoms with Crippen LogP contribution in [0.25, 0.3) is 11.6 Å². The van der Waals surface area contributed by atoms with Crippen molar-refractivity contribution in [3.63, 3.8) is 0 Å². The molecule has 0 unspecified atom stereocenters. The SMILES string of the molecule is CCOC(=O)c1cc(C)[nH]c1/C=C1\C(=O)Nc2cnc(N(C)CCCOCCN(C)C(=O)OC(C)(C)C)nc21. The fourth-order valence-electron chi connectivity index (χ4n) is 3.77. The summed E-state index contributed by atoms with van der Waals surface area (Å²) < 4.78 is 16.1. The Morgan fingerprint density at radius 2 is 1.90 bits per heavy atom. The lowest BCUT2D eigenvalue weighted by molar-refractivity contribution is -0.110. The quantitative estimate of drug-likeness (QED) is 0.248. The van der Waals surface area contributed by atoms with Crippen molar-refractivity contribution in [2.24, 2.45) is 0 Å². The third-order valence-corrected chi connectivity index (χ3v) is 5.69. The highest BCUT2D eigenvalue weighted by Gasteiger charge is 2.28. The van der Waals surface area contributed by atoms with Crippen molar-refractivity contribution in [1.82, 2.24) is 19.9 Å². The largest absolute Gasteiger partial charge is 0.462 e. The zero-order chi connectivity index (χ0) is 28.7. The zero-order valence-electron chi connectivity index (χ0n) is 23.7. The molecule has 12 heteroatoms. The summed E-state index contributed by atoms with van der Waals surface area (Å²) in [6.45, 7) is 11.2. The van der Waals surface area contributed by atoms with Gasteiger partial charge >= 0.3 is 12.1 Å². The van der Waals surface area contributed by atoms with Crippen molar-refractivity contribution in [2.75, 3.05) is 57.2 Å². The number of nitrogens with zero attached hydrogens (tertiary/aromatic N) is 4. The van der Waals surface area contributed by atoms with E-state index in [4.69, 9.17) is 14.2 Å². The number of ether oxygens (including phenoxy) is 3. The molecule has 3 heterocycles. The van der Waals surface area contributed by atoms with Crippen LogP contribution in [0.5, 0.6) is 0 Å². The summed E-state index contributed by atoms with van der Waals surface area (Å²) in [6, 6.07) is 1.69. The number of likely N-dealkylation sites (N-methyl/N-ethyl adjacent to an activating group) is 1. The number of nitrogens with one attached hydrogen (secondary N) is 2. The number of hydrogen-bond donors (Lipinski definition) is 2. The smallest absolute Gasteiger partial charge is 0.410 e. The average Bonchev–Trinajstić information content (AvgIpc) is 3.38. The van der Waals surface area contributed by atoms with E-state index in [1.165, 1.54) is 4.90 Å². The second kappa shape index (κ2) is 12.7. The molecule has 0 saturated heterocycles. The maximum atomic E-state index is 12.7. The topological polar surface area (TPSA) is 139 Å². The maximum absolute atomic E-state index is 12.7. The predicted octanol–water partition coefficient (Wildman–Crippen LogP) is 3.49. The monoisotopic (exact) mass is 542 g/mol. The first-order chi connectivity index (χ1) is 18.4. The number of fused-ring (bicyclic) bond motifs is 1. The Morgan fingerprint density at radius 1 is 1.15 bits per heavy atom. The molecule has 12 nitrogen and oxygen atoms in total. The number of carbonyl (C=O) groups excluding carboxylic acids is 3. The second-order valence-electron chi connectivity index (χ2n) is 10.2. The number of H-pyrrole nitrogens is 1. The van der Waals surface area contributed by atoms with Crippen LogP contribution in [0, 0.1) is 6.92 Å². The number of esters is 1. The number of aryl methyl sites for hydroxylation is 1. The standard InChI is InChI=1S/C27H38N6O6/c1-8-38-24(35)18-14-17(2)29-20(18)15-19-22-21(30-23(19)34)16-28-25(31-22)32(6)10-9-12-37-13-11-33(7)26(36)39-27(3,4)5/h14-16,29H,8-13H2,1-7H3,(H,30,34)/b19-15-. The van der Waals surface area contributed by atoms with E-state index in [2.05, 4.69) is 20.3 Å². The van der Waals surface area contributed by atoms with Crippen molar-refractivity contribution in [3.05, 3.63) is 34.9 Å². The van der Waals surface area contributed by atoms with Crippen molar-refractivity contribution in [2.45, 2.75) is 46.6 Å². The second-order valence-corrected chi connectivity index (χ2v) is 10.2. The van der Waals surface area contributed by atoms with Crippen LogP contribution in [0.4, 0.5) is 16.4 Å². The number of aromatic amines is 1. The fourth-order valence-corrected chi connectivity index (χ4v) is 3.77. The van der Waals surface area contributed by atoms with Crippen molar-refractivity contribution >= 4 is 41.3 Å². The number of hydrogen-bond acceptors (Lipinski definition) is 9. The summed E-state index contributed by atoms with van der Waals surface area (Å²) in [6.07, 6.45) is 3.50. The highest BCUT2D eigenvalue weighted by Crippen LogP contribution is 2.32. The highest BCUT2D eigenvalue weighted by molar-refractivity contribution is 6.34. The third kappa shape index (κ3) is 8.03. The lowest BCUT2D eigenvalue weighted by Gasteiger charge is -2.24. The molecule has 2 aromatic heterocycles. The van der Waals surface area contributed by atoms with Crippen LogP contribution >= 0.6 is 0 Å². The summed E-state index contributed by atoms with van der Waals surface area (Å²) in [5, 5.41) is 2.77. The van der Waals surface area contributed by atoms with E-state index >= 15 is 0 Å². The van der Waals surface area contributed by atoms with Gasteiger partial charge in [0.15, 0.2) is 0 Å². The molecule has 212 valence electrons. The van der Waals surface area contributed by atoms with E-state index in [1.54, 1.807) is 32.3 Å². The van der Waals surface area contributed by atoms with E-state index < -0.39 is 11.6 Å². The molecule has 1 aliphatic heterocycles. The fraction of sp³-hybridized carbons (Fsp3) is 0.519. The summed E-state index contributed by atoms with van der Waals surface area (Å²) in [5.74, 6) is -0.339. The molecular formula is C27H38N6O6. The molecule has 0 radical (unpaired) electrons. The summed E-state index contributed by atoms with van der Waals surface area (Å²) >= 11 is 0. The van der Waals surface area contributed by atoms with Gasteiger partial charge in [-0.2, -0.15) is 0 Å². The summed E-state index contributed by atoms with van der Waals surface area (Å²) in [4.78, 5) is 52.6. The molecule has 2 N–H and O–H groups in total. The molecule has 0 saturated carbocycles.